The van der Waals surface area contributed by atoms with Crippen LogP contribution in [0, 0.1) is 13.8 Å². The standard InChI is InChI=1S/C32H34N6O4/c1-21-8-14-25(15-9-21)37-17-18-38(32(37)41)28-7-5-6-26(22(28)2)27-20-36(3)31(40)29(35-27)34-24-12-10-23(11-13-24)30(39)33-16-19-42-4/h5-15,20H,16-19H2,1-4H3,(H,33,39)(H,34,35). The summed E-state index contributed by atoms with van der Waals surface area (Å²) in [5.74, 6) is -0.0524. The Balaban J connectivity index is 1.38. The number of carbonyl (C=O) groups excluding carboxylic acids is 2. The van der Waals surface area contributed by atoms with Crippen LogP contribution in [-0.2, 0) is 11.8 Å². The molecule has 0 bridgehead atoms. The molecular formula is C32H34N6O4. The van der Waals surface area contributed by atoms with E-state index in [1.54, 1.807) is 54.4 Å². The molecule has 216 valence electrons. The van der Waals surface area contributed by atoms with Crippen LogP contribution >= 0.6 is 0 Å². The lowest BCUT2D eigenvalue weighted by Gasteiger charge is -2.22. The number of nitrogens with zero attached hydrogens (tertiary/aromatic N) is 4. The number of hydrogen-bond acceptors (Lipinski definition) is 6. The molecule has 3 amide bonds. The van der Waals surface area contributed by atoms with Gasteiger partial charge in [-0.2, -0.15) is 0 Å². The van der Waals surface area contributed by atoms with Gasteiger partial charge in [0.2, 0.25) is 0 Å². The van der Waals surface area contributed by atoms with Gasteiger partial charge in [-0.25, -0.2) is 9.78 Å². The van der Waals surface area contributed by atoms with Crippen LogP contribution < -0.4 is 26.0 Å². The molecule has 1 saturated heterocycles. The van der Waals surface area contributed by atoms with E-state index < -0.39 is 0 Å². The number of nitrogens with one attached hydrogen (secondary N) is 2. The van der Waals surface area contributed by atoms with E-state index in [4.69, 9.17) is 4.74 Å². The summed E-state index contributed by atoms with van der Waals surface area (Å²) < 4.78 is 6.44. The Morgan fingerprint density at radius 1 is 0.952 bits per heavy atom. The molecule has 0 unspecified atom stereocenters. The molecule has 1 fully saturated rings. The van der Waals surface area contributed by atoms with Crippen LogP contribution in [0.2, 0.25) is 0 Å². The van der Waals surface area contributed by atoms with Gasteiger partial charge in [-0.3, -0.25) is 19.4 Å². The Labute approximate surface area is 244 Å². The van der Waals surface area contributed by atoms with Gasteiger partial charge < -0.3 is 19.9 Å². The van der Waals surface area contributed by atoms with Crippen LogP contribution in [0.1, 0.15) is 21.5 Å². The van der Waals surface area contributed by atoms with Crippen molar-refractivity contribution in [2.24, 2.45) is 7.05 Å². The molecule has 1 aliphatic heterocycles. The number of aryl methyl sites for hydroxylation is 2. The summed E-state index contributed by atoms with van der Waals surface area (Å²) in [5.41, 5.74) is 5.93. The highest BCUT2D eigenvalue weighted by molar-refractivity contribution is 6.07. The summed E-state index contributed by atoms with van der Waals surface area (Å²) >= 11 is 0. The van der Waals surface area contributed by atoms with Crippen LogP contribution in [0.15, 0.2) is 77.7 Å². The minimum Gasteiger partial charge on any atom is -0.383 e. The predicted octanol–water partition coefficient (Wildman–Crippen LogP) is 4.63. The first-order chi connectivity index (χ1) is 20.3. The van der Waals surface area contributed by atoms with Crippen LogP contribution in [0.25, 0.3) is 11.3 Å². The summed E-state index contributed by atoms with van der Waals surface area (Å²) in [6, 6.07) is 20.4. The number of rotatable bonds is 9. The SMILES string of the molecule is COCCNC(=O)c1ccc(Nc2nc(-c3cccc(N4CCN(c5ccc(C)cc5)C4=O)c3C)cn(C)c2=O)cc1. The number of amides is 3. The van der Waals surface area contributed by atoms with Crippen molar-refractivity contribution in [3.8, 4) is 11.3 Å². The monoisotopic (exact) mass is 566 g/mol. The van der Waals surface area contributed by atoms with E-state index in [9.17, 15) is 14.4 Å². The van der Waals surface area contributed by atoms with Crippen molar-refractivity contribution in [1.82, 2.24) is 14.9 Å². The second-order valence-electron chi connectivity index (χ2n) is 10.2. The van der Waals surface area contributed by atoms with Gasteiger partial charge >= 0.3 is 6.03 Å². The Hall–Kier alpha value is -4.96. The molecule has 0 saturated carbocycles. The molecule has 2 N–H and O–H groups in total. The molecule has 4 aromatic rings. The van der Waals surface area contributed by atoms with Gasteiger partial charge in [0.1, 0.15) is 0 Å². The van der Waals surface area contributed by atoms with Crippen molar-refractivity contribution >= 4 is 34.8 Å². The number of urea groups is 1. The number of carbonyl (C=O) groups is 2. The van der Waals surface area contributed by atoms with Crippen molar-refractivity contribution in [3.63, 3.8) is 0 Å². The maximum absolute atomic E-state index is 13.4. The molecule has 42 heavy (non-hydrogen) atoms. The number of benzene rings is 3. The van der Waals surface area contributed by atoms with E-state index in [1.165, 1.54) is 4.57 Å². The fraction of sp³-hybridized carbons (Fsp3) is 0.250. The second-order valence-corrected chi connectivity index (χ2v) is 10.2. The van der Waals surface area contributed by atoms with Crippen LogP contribution in [0.4, 0.5) is 27.7 Å². The Kier molecular flexibility index (Phi) is 8.35. The van der Waals surface area contributed by atoms with Crippen LogP contribution in [0.5, 0.6) is 0 Å². The van der Waals surface area contributed by atoms with Gasteiger partial charge in [0.15, 0.2) is 5.82 Å². The van der Waals surface area contributed by atoms with Gasteiger partial charge in [0.05, 0.1) is 12.3 Å². The van der Waals surface area contributed by atoms with Gasteiger partial charge in [-0.15, -0.1) is 0 Å². The minimum atomic E-state index is -0.294. The topological polar surface area (TPSA) is 109 Å². The number of ether oxygens (including phenoxy) is 1. The summed E-state index contributed by atoms with van der Waals surface area (Å²) in [4.78, 5) is 46.9. The Bertz CT molecular complexity index is 1660. The molecule has 10 nitrogen and oxygen atoms in total. The predicted molar refractivity (Wildman–Crippen MR) is 165 cm³/mol. The van der Waals surface area contributed by atoms with E-state index in [0.717, 1.165) is 28.1 Å². The van der Waals surface area contributed by atoms with Crippen molar-refractivity contribution < 1.29 is 14.3 Å². The van der Waals surface area contributed by atoms with E-state index >= 15 is 0 Å². The zero-order chi connectivity index (χ0) is 29.8. The van der Waals surface area contributed by atoms with Crippen molar-refractivity contribution in [2.75, 3.05) is 48.5 Å². The number of aromatic nitrogens is 2. The lowest BCUT2D eigenvalue weighted by molar-refractivity contribution is 0.0937. The lowest BCUT2D eigenvalue weighted by atomic mass is 10.0. The van der Waals surface area contributed by atoms with Crippen LogP contribution in [-0.4, -0.2) is 54.8 Å². The summed E-state index contributed by atoms with van der Waals surface area (Å²) in [5, 5.41) is 5.88. The highest BCUT2D eigenvalue weighted by Crippen LogP contribution is 2.33. The summed E-state index contributed by atoms with van der Waals surface area (Å²) in [6.45, 7) is 5.98. The van der Waals surface area contributed by atoms with Crippen molar-refractivity contribution in [1.29, 1.82) is 0 Å². The van der Waals surface area contributed by atoms with Gasteiger partial charge in [0.25, 0.3) is 11.5 Å². The molecule has 0 atom stereocenters. The third-order valence-electron chi connectivity index (χ3n) is 7.30. The van der Waals surface area contributed by atoms with E-state index in [0.29, 0.717) is 43.2 Å². The van der Waals surface area contributed by atoms with E-state index in [2.05, 4.69) is 15.6 Å². The smallest absolute Gasteiger partial charge is 0.329 e. The highest BCUT2D eigenvalue weighted by atomic mass is 16.5. The van der Waals surface area contributed by atoms with Gasteiger partial charge in [-0.1, -0.05) is 29.8 Å². The third kappa shape index (κ3) is 5.89. The number of hydrogen-bond donors (Lipinski definition) is 2. The first kappa shape index (κ1) is 28.6. The first-order valence-electron chi connectivity index (χ1n) is 13.7. The molecule has 0 aliphatic carbocycles. The highest BCUT2D eigenvalue weighted by Gasteiger charge is 2.32. The summed E-state index contributed by atoms with van der Waals surface area (Å²) in [6.07, 6.45) is 1.69. The molecule has 1 aliphatic rings. The fourth-order valence-corrected chi connectivity index (χ4v) is 4.95. The second kappa shape index (κ2) is 12.3. The lowest BCUT2D eigenvalue weighted by Crippen LogP contribution is -2.32. The number of anilines is 4. The molecule has 2 heterocycles. The van der Waals surface area contributed by atoms with E-state index in [-0.39, 0.29) is 23.3 Å². The maximum atomic E-state index is 13.4. The fourth-order valence-electron chi connectivity index (χ4n) is 4.95. The van der Waals surface area contributed by atoms with Gasteiger partial charge in [-0.05, 0) is 61.9 Å². The Morgan fingerprint density at radius 2 is 1.67 bits per heavy atom. The molecule has 3 aromatic carbocycles. The first-order valence-corrected chi connectivity index (χ1v) is 13.7. The number of methoxy groups -OCH3 is 1. The van der Waals surface area contributed by atoms with Crippen molar-refractivity contribution in [2.45, 2.75) is 13.8 Å². The van der Waals surface area contributed by atoms with Crippen molar-refractivity contribution in [3.05, 3.63) is 100.0 Å². The molecular weight excluding hydrogens is 532 g/mol. The maximum Gasteiger partial charge on any atom is 0.329 e. The molecule has 1 aromatic heterocycles. The third-order valence-corrected chi connectivity index (χ3v) is 7.30. The molecule has 0 spiro atoms. The van der Waals surface area contributed by atoms with Gasteiger partial charge in [0, 0.05) is 68.2 Å². The molecule has 0 radical (unpaired) electrons. The van der Waals surface area contributed by atoms with Crippen LogP contribution in [0.3, 0.4) is 0 Å². The Morgan fingerprint density at radius 3 is 2.38 bits per heavy atom. The minimum absolute atomic E-state index is 0.0781. The average Bonchev–Trinajstić information content (AvgIpc) is 3.37. The molecule has 10 heteroatoms. The zero-order valence-corrected chi connectivity index (χ0v) is 24.2. The quantitative estimate of drug-likeness (QED) is 0.286. The largest absolute Gasteiger partial charge is 0.383 e. The summed E-state index contributed by atoms with van der Waals surface area (Å²) in [7, 11) is 3.25. The zero-order valence-electron chi connectivity index (χ0n) is 24.2. The normalized spacial score (nSPS) is 13.0. The van der Waals surface area contributed by atoms with E-state index in [1.807, 2.05) is 56.3 Å². The molecule has 5 rings (SSSR count). The average molecular weight is 567 g/mol.